The molecule has 148 valence electrons. The molecule has 0 aliphatic rings. The molecule has 0 aliphatic carbocycles. The molecule has 0 saturated heterocycles. The minimum absolute atomic E-state index is 0.108. The van der Waals surface area contributed by atoms with Gasteiger partial charge < -0.3 is 19.3 Å². The summed E-state index contributed by atoms with van der Waals surface area (Å²) in [5.74, 6) is 1.61. The van der Waals surface area contributed by atoms with Gasteiger partial charge in [-0.1, -0.05) is 6.07 Å². The van der Waals surface area contributed by atoms with Crippen LogP contribution in [0.15, 0.2) is 41.3 Å². The van der Waals surface area contributed by atoms with Crippen molar-refractivity contribution in [2.75, 3.05) is 34.9 Å². The Balaban J connectivity index is 2.22. The lowest BCUT2D eigenvalue weighted by Gasteiger charge is -2.22. The first-order valence-corrected chi connectivity index (χ1v) is 9.69. The second kappa shape index (κ2) is 8.60. The van der Waals surface area contributed by atoms with E-state index in [-0.39, 0.29) is 11.4 Å². The third-order valence-electron chi connectivity index (χ3n) is 4.30. The quantitative estimate of drug-likeness (QED) is 0.739. The number of likely N-dealkylation sites (N-methyl/N-ethyl adjacent to an activating group) is 1. The van der Waals surface area contributed by atoms with Crippen molar-refractivity contribution in [1.82, 2.24) is 4.31 Å². The van der Waals surface area contributed by atoms with Crippen LogP contribution in [0.25, 0.3) is 0 Å². The Morgan fingerprint density at radius 2 is 1.56 bits per heavy atom. The zero-order chi connectivity index (χ0) is 20.2. The molecular weight excluding hydrogens is 370 g/mol. The van der Waals surface area contributed by atoms with Crippen molar-refractivity contribution in [1.29, 1.82) is 0 Å². The van der Waals surface area contributed by atoms with Crippen molar-refractivity contribution in [2.45, 2.75) is 17.9 Å². The molecule has 0 amide bonds. The highest BCUT2D eigenvalue weighted by Crippen LogP contribution is 2.31. The predicted molar refractivity (Wildman–Crippen MR) is 102 cm³/mol. The van der Waals surface area contributed by atoms with Crippen LogP contribution >= 0.6 is 0 Å². The third-order valence-corrected chi connectivity index (χ3v) is 6.12. The van der Waals surface area contributed by atoms with E-state index in [1.807, 2.05) is 0 Å². The number of rotatable bonds is 8. The Hall–Kier alpha value is -2.29. The largest absolute Gasteiger partial charge is 0.496 e. The van der Waals surface area contributed by atoms with Gasteiger partial charge in [0.25, 0.3) is 0 Å². The lowest BCUT2D eigenvalue weighted by atomic mass is 10.1. The lowest BCUT2D eigenvalue weighted by molar-refractivity contribution is 0.154. The number of methoxy groups -OCH3 is 3. The van der Waals surface area contributed by atoms with Crippen molar-refractivity contribution >= 4 is 10.0 Å². The van der Waals surface area contributed by atoms with Crippen molar-refractivity contribution in [3.8, 4) is 17.2 Å². The highest BCUT2D eigenvalue weighted by Gasteiger charge is 2.25. The first kappa shape index (κ1) is 21.0. The van der Waals surface area contributed by atoms with Crippen LogP contribution in [0.1, 0.15) is 17.2 Å². The summed E-state index contributed by atoms with van der Waals surface area (Å²) in [5, 5.41) is 10.5. The molecule has 0 aliphatic heterocycles. The van der Waals surface area contributed by atoms with Crippen LogP contribution in [0, 0.1) is 6.92 Å². The highest BCUT2D eigenvalue weighted by molar-refractivity contribution is 7.89. The molecule has 27 heavy (non-hydrogen) atoms. The van der Waals surface area contributed by atoms with Gasteiger partial charge >= 0.3 is 0 Å². The third kappa shape index (κ3) is 4.52. The molecule has 0 saturated carbocycles. The number of hydrogen-bond acceptors (Lipinski definition) is 6. The van der Waals surface area contributed by atoms with Gasteiger partial charge in [0.15, 0.2) is 11.5 Å². The van der Waals surface area contributed by atoms with Gasteiger partial charge in [0.05, 0.1) is 32.3 Å². The number of ether oxygens (including phenoxy) is 3. The summed E-state index contributed by atoms with van der Waals surface area (Å²) in [6, 6.07) is 9.61. The van der Waals surface area contributed by atoms with E-state index in [2.05, 4.69) is 0 Å². The zero-order valence-corrected chi connectivity index (χ0v) is 16.9. The molecule has 1 N–H and O–H groups in total. The van der Waals surface area contributed by atoms with Crippen molar-refractivity contribution in [3.63, 3.8) is 0 Å². The number of hydrogen-bond donors (Lipinski definition) is 1. The summed E-state index contributed by atoms with van der Waals surface area (Å²) in [7, 11) is 2.22. The molecule has 0 aromatic heterocycles. The molecule has 2 rings (SSSR count). The summed E-state index contributed by atoms with van der Waals surface area (Å²) >= 11 is 0. The fraction of sp³-hybridized carbons (Fsp3) is 0.368. The van der Waals surface area contributed by atoms with E-state index in [4.69, 9.17) is 14.2 Å². The second-order valence-corrected chi connectivity index (χ2v) is 8.09. The van der Waals surface area contributed by atoms with E-state index < -0.39 is 16.1 Å². The van der Waals surface area contributed by atoms with Gasteiger partial charge in [0, 0.05) is 13.6 Å². The molecule has 0 fully saturated rings. The fourth-order valence-corrected chi connectivity index (χ4v) is 3.96. The Bertz CT molecular complexity index is 897. The minimum atomic E-state index is -3.76. The molecule has 0 radical (unpaired) electrons. The highest BCUT2D eigenvalue weighted by atomic mass is 32.2. The lowest BCUT2D eigenvalue weighted by Crippen LogP contribution is -2.31. The summed E-state index contributed by atoms with van der Waals surface area (Å²) < 4.78 is 42.3. The number of sulfonamides is 1. The summed E-state index contributed by atoms with van der Waals surface area (Å²) in [6.45, 7) is 1.67. The van der Waals surface area contributed by atoms with Gasteiger partial charge in [-0.25, -0.2) is 8.42 Å². The number of aryl methyl sites for hydroxylation is 1. The average molecular weight is 395 g/mol. The first-order valence-electron chi connectivity index (χ1n) is 8.25. The van der Waals surface area contributed by atoms with Gasteiger partial charge in [-0.05, 0) is 48.4 Å². The maximum absolute atomic E-state index is 12.8. The Kier molecular flexibility index (Phi) is 6.69. The zero-order valence-electron chi connectivity index (χ0n) is 16.1. The molecule has 2 aromatic rings. The second-order valence-electron chi connectivity index (χ2n) is 6.05. The standard InChI is InChI=1S/C19H25NO6S/c1-13-10-15(7-9-17(13)24-3)27(22,23)20(2)12-16(21)14-6-8-18(25-4)19(11-14)26-5/h6-11,16,21H,12H2,1-5H3. The van der Waals surface area contributed by atoms with Gasteiger partial charge in [0.1, 0.15) is 5.75 Å². The Labute approximate surface area is 160 Å². The number of aliphatic hydroxyl groups excluding tert-OH is 1. The van der Waals surface area contributed by atoms with Crippen molar-refractivity contribution in [3.05, 3.63) is 47.5 Å². The normalized spacial score (nSPS) is 12.7. The SMILES string of the molecule is COc1ccc(S(=O)(=O)N(C)CC(O)c2ccc(OC)c(OC)c2)cc1C. The van der Waals surface area contributed by atoms with Gasteiger partial charge in [-0.2, -0.15) is 4.31 Å². The summed E-state index contributed by atoms with van der Waals surface area (Å²) in [4.78, 5) is 0.141. The predicted octanol–water partition coefficient (Wildman–Crippen LogP) is 2.37. The van der Waals surface area contributed by atoms with E-state index in [0.29, 0.717) is 28.4 Å². The molecule has 2 aromatic carbocycles. The molecule has 1 unspecified atom stereocenters. The maximum Gasteiger partial charge on any atom is 0.242 e. The van der Waals surface area contributed by atoms with Gasteiger partial charge in [0.2, 0.25) is 10.0 Å². The van der Waals surface area contributed by atoms with Crippen LogP contribution < -0.4 is 14.2 Å². The maximum atomic E-state index is 12.8. The molecular formula is C19H25NO6S. The van der Waals surface area contributed by atoms with E-state index >= 15 is 0 Å². The van der Waals surface area contributed by atoms with E-state index in [9.17, 15) is 13.5 Å². The van der Waals surface area contributed by atoms with Gasteiger partial charge in [-0.15, -0.1) is 0 Å². The summed E-state index contributed by atoms with van der Waals surface area (Å²) in [6.07, 6.45) is -1.02. The Morgan fingerprint density at radius 1 is 0.963 bits per heavy atom. The summed E-state index contributed by atoms with van der Waals surface area (Å²) in [5.41, 5.74) is 1.24. The fourth-order valence-electron chi connectivity index (χ4n) is 2.70. The minimum Gasteiger partial charge on any atom is -0.496 e. The molecule has 0 bridgehead atoms. The van der Waals surface area contributed by atoms with Crippen LogP contribution in [0.5, 0.6) is 17.2 Å². The van der Waals surface area contributed by atoms with Crippen LogP contribution in [-0.2, 0) is 10.0 Å². The van der Waals surface area contributed by atoms with Crippen molar-refractivity contribution in [2.24, 2.45) is 0 Å². The number of aliphatic hydroxyl groups is 1. The molecule has 0 spiro atoms. The molecule has 1 atom stereocenters. The van der Waals surface area contributed by atoms with Crippen LogP contribution in [0.4, 0.5) is 0 Å². The molecule has 7 nitrogen and oxygen atoms in total. The number of benzene rings is 2. The van der Waals surface area contributed by atoms with E-state index in [0.717, 1.165) is 4.31 Å². The average Bonchev–Trinajstić information content (AvgIpc) is 2.66. The van der Waals surface area contributed by atoms with Crippen LogP contribution in [0.2, 0.25) is 0 Å². The number of nitrogens with zero attached hydrogens (tertiary/aromatic N) is 1. The topological polar surface area (TPSA) is 85.3 Å². The Morgan fingerprint density at radius 3 is 2.11 bits per heavy atom. The van der Waals surface area contributed by atoms with Crippen molar-refractivity contribution < 1.29 is 27.7 Å². The van der Waals surface area contributed by atoms with E-state index in [1.165, 1.54) is 34.4 Å². The first-order chi connectivity index (χ1) is 12.7. The smallest absolute Gasteiger partial charge is 0.242 e. The van der Waals surface area contributed by atoms with E-state index in [1.54, 1.807) is 37.3 Å². The van der Waals surface area contributed by atoms with Crippen LogP contribution in [0.3, 0.4) is 0 Å². The molecule has 8 heteroatoms. The van der Waals surface area contributed by atoms with Gasteiger partial charge in [-0.3, -0.25) is 0 Å². The molecule has 0 heterocycles. The monoisotopic (exact) mass is 395 g/mol. The van der Waals surface area contributed by atoms with Crippen LogP contribution in [-0.4, -0.2) is 52.8 Å².